The molecule has 0 unspecified atom stereocenters. The number of nitrogens with zero attached hydrogens (tertiary/aromatic N) is 3. The van der Waals surface area contributed by atoms with Crippen LogP contribution in [0, 0.1) is 6.92 Å². The zero-order valence-electron chi connectivity index (χ0n) is 11.3. The van der Waals surface area contributed by atoms with Crippen molar-refractivity contribution in [2.45, 2.75) is 13.5 Å². The summed E-state index contributed by atoms with van der Waals surface area (Å²) in [6.07, 6.45) is 0. The molecule has 0 aliphatic heterocycles. The summed E-state index contributed by atoms with van der Waals surface area (Å²) < 4.78 is 5.18. The van der Waals surface area contributed by atoms with Crippen LogP contribution in [-0.4, -0.2) is 22.2 Å². The number of benzene rings is 1. The van der Waals surface area contributed by atoms with Crippen molar-refractivity contribution in [1.82, 2.24) is 15.1 Å². The van der Waals surface area contributed by atoms with Gasteiger partial charge in [-0.3, -0.25) is 0 Å². The molecule has 0 aliphatic carbocycles. The van der Waals surface area contributed by atoms with Crippen LogP contribution >= 0.6 is 0 Å². The second-order valence-corrected chi connectivity index (χ2v) is 4.45. The zero-order chi connectivity index (χ0) is 13.9. The fourth-order valence-electron chi connectivity index (χ4n) is 1.99. The lowest BCUT2D eigenvalue weighted by atomic mass is 10.2. The average Bonchev–Trinajstić information content (AvgIpc) is 2.90. The van der Waals surface area contributed by atoms with Crippen LogP contribution in [0.25, 0.3) is 10.9 Å². The number of nitrogens with one attached hydrogen (secondary N) is 2. The van der Waals surface area contributed by atoms with Crippen LogP contribution in [0.15, 0.2) is 34.9 Å². The summed E-state index contributed by atoms with van der Waals surface area (Å²) in [5.41, 5.74) is 1.76. The molecule has 0 bridgehead atoms. The molecule has 3 rings (SSSR count). The zero-order valence-corrected chi connectivity index (χ0v) is 11.3. The van der Waals surface area contributed by atoms with E-state index in [2.05, 4.69) is 25.8 Å². The van der Waals surface area contributed by atoms with Crippen molar-refractivity contribution in [3.63, 3.8) is 0 Å². The minimum atomic E-state index is 0.533. The lowest BCUT2D eigenvalue weighted by Crippen LogP contribution is -2.05. The highest BCUT2D eigenvalue weighted by Crippen LogP contribution is 2.22. The maximum absolute atomic E-state index is 5.18. The fourth-order valence-corrected chi connectivity index (χ4v) is 1.99. The molecule has 0 fully saturated rings. The van der Waals surface area contributed by atoms with E-state index in [0.717, 1.165) is 28.2 Å². The molecule has 2 aromatic heterocycles. The van der Waals surface area contributed by atoms with Gasteiger partial charge in [0.2, 0.25) is 5.95 Å². The van der Waals surface area contributed by atoms with Crippen molar-refractivity contribution in [3.05, 3.63) is 41.8 Å². The van der Waals surface area contributed by atoms with Crippen molar-refractivity contribution in [3.8, 4) is 0 Å². The van der Waals surface area contributed by atoms with Crippen molar-refractivity contribution >= 4 is 22.7 Å². The third kappa shape index (κ3) is 2.40. The lowest BCUT2D eigenvalue weighted by Gasteiger charge is -2.09. The van der Waals surface area contributed by atoms with Gasteiger partial charge in [-0.2, -0.15) is 4.98 Å². The normalized spacial score (nSPS) is 10.7. The van der Waals surface area contributed by atoms with Gasteiger partial charge >= 0.3 is 0 Å². The highest BCUT2D eigenvalue weighted by atomic mass is 16.5. The van der Waals surface area contributed by atoms with E-state index in [-0.39, 0.29) is 0 Å². The standard InChI is InChI=1S/C14H15N5O/c1-9-7-10(20-19-9)8-16-13-11-5-3-4-6-12(11)17-14(15-2)18-13/h3-7H,8H2,1-2H3,(H2,15,16,17,18). The van der Waals surface area contributed by atoms with Gasteiger partial charge in [0.25, 0.3) is 0 Å². The molecule has 0 spiro atoms. The van der Waals surface area contributed by atoms with E-state index in [0.29, 0.717) is 12.5 Å². The van der Waals surface area contributed by atoms with Gasteiger partial charge in [-0.05, 0) is 19.1 Å². The molecule has 3 aromatic rings. The molecule has 6 heteroatoms. The predicted octanol–water partition coefficient (Wildman–Crippen LogP) is 2.58. The first kappa shape index (κ1) is 12.4. The number of aryl methyl sites for hydroxylation is 1. The number of hydrogen-bond donors (Lipinski definition) is 2. The largest absolute Gasteiger partial charge is 0.362 e. The maximum Gasteiger partial charge on any atom is 0.224 e. The Morgan fingerprint density at radius 1 is 1.20 bits per heavy atom. The van der Waals surface area contributed by atoms with Crippen LogP contribution in [0.2, 0.25) is 0 Å². The van der Waals surface area contributed by atoms with Gasteiger partial charge in [0.1, 0.15) is 5.82 Å². The van der Waals surface area contributed by atoms with Crippen molar-refractivity contribution in [2.75, 3.05) is 17.7 Å². The summed E-state index contributed by atoms with van der Waals surface area (Å²) >= 11 is 0. The number of fused-ring (bicyclic) bond motifs is 1. The number of rotatable bonds is 4. The van der Waals surface area contributed by atoms with E-state index in [4.69, 9.17) is 4.52 Å². The quantitative estimate of drug-likeness (QED) is 0.758. The van der Waals surface area contributed by atoms with E-state index in [1.54, 1.807) is 7.05 Å². The molecule has 0 atom stereocenters. The van der Waals surface area contributed by atoms with Crippen LogP contribution in [0.1, 0.15) is 11.5 Å². The number of para-hydroxylation sites is 1. The molecule has 0 amide bonds. The van der Waals surface area contributed by atoms with E-state index in [1.807, 2.05) is 37.3 Å². The van der Waals surface area contributed by atoms with Crippen LogP contribution < -0.4 is 10.6 Å². The molecule has 6 nitrogen and oxygen atoms in total. The van der Waals surface area contributed by atoms with Crippen molar-refractivity contribution in [2.24, 2.45) is 0 Å². The highest BCUT2D eigenvalue weighted by Gasteiger charge is 2.07. The number of aromatic nitrogens is 3. The van der Waals surface area contributed by atoms with Gasteiger partial charge in [0.05, 0.1) is 17.8 Å². The molecule has 0 saturated carbocycles. The van der Waals surface area contributed by atoms with E-state index in [1.165, 1.54) is 0 Å². The van der Waals surface area contributed by atoms with Crippen LogP contribution in [0.5, 0.6) is 0 Å². The molecular formula is C14H15N5O. The first-order valence-corrected chi connectivity index (χ1v) is 6.37. The molecular weight excluding hydrogens is 254 g/mol. The second kappa shape index (κ2) is 5.16. The van der Waals surface area contributed by atoms with E-state index >= 15 is 0 Å². The van der Waals surface area contributed by atoms with Gasteiger partial charge in [-0.1, -0.05) is 17.3 Å². The minimum absolute atomic E-state index is 0.533. The minimum Gasteiger partial charge on any atom is -0.362 e. The number of hydrogen-bond acceptors (Lipinski definition) is 6. The summed E-state index contributed by atoms with van der Waals surface area (Å²) in [7, 11) is 1.80. The summed E-state index contributed by atoms with van der Waals surface area (Å²) in [4.78, 5) is 8.86. The summed E-state index contributed by atoms with van der Waals surface area (Å²) in [6, 6.07) is 9.77. The van der Waals surface area contributed by atoms with Crippen molar-refractivity contribution in [1.29, 1.82) is 0 Å². The SMILES string of the molecule is CNc1nc(NCc2cc(C)no2)c2ccccc2n1. The first-order chi connectivity index (χ1) is 9.76. The summed E-state index contributed by atoms with van der Waals surface area (Å²) in [5, 5.41) is 11.1. The van der Waals surface area contributed by atoms with Crippen LogP contribution in [0.4, 0.5) is 11.8 Å². The van der Waals surface area contributed by atoms with E-state index in [9.17, 15) is 0 Å². The van der Waals surface area contributed by atoms with Gasteiger partial charge in [-0.15, -0.1) is 0 Å². The Bertz CT molecular complexity index is 737. The smallest absolute Gasteiger partial charge is 0.224 e. The number of anilines is 2. The molecule has 0 saturated heterocycles. The first-order valence-electron chi connectivity index (χ1n) is 6.37. The Hall–Kier alpha value is -2.63. The molecule has 0 aliphatic rings. The lowest BCUT2D eigenvalue weighted by molar-refractivity contribution is 0.384. The fraction of sp³-hybridized carbons (Fsp3) is 0.214. The van der Waals surface area contributed by atoms with E-state index < -0.39 is 0 Å². The highest BCUT2D eigenvalue weighted by molar-refractivity contribution is 5.89. The summed E-state index contributed by atoms with van der Waals surface area (Å²) in [5.74, 6) is 2.13. The Morgan fingerprint density at radius 2 is 2.05 bits per heavy atom. The summed E-state index contributed by atoms with van der Waals surface area (Å²) in [6.45, 7) is 2.43. The average molecular weight is 269 g/mol. The van der Waals surface area contributed by atoms with Gasteiger partial charge in [0, 0.05) is 18.5 Å². The van der Waals surface area contributed by atoms with Gasteiger partial charge in [-0.25, -0.2) is 4.98 Å². The third-order valence-electron chi connectivity index (χ3n) is 2.93. The van der Waals surface area contributed by atoms with Gasteiger partial charge < -0.3 is 15.2 Å². The predicted molar refractivity (Wildman–Crippen MR) is 77.7 cm³/mol. The van der Waals surface area contributed by atoms with Crippen molar-refractivity contribution < 1.29 is 4.52 Å². The molecule has 20 heavy (non-hydrogen) atoms. The molecule has 2 heterocycles. The Morgan fingerprint density at radius 3 is 2.80 bits per heavy atom. The Kier molecular flexibility index (Phi) is 3.20. The topological polar surface area (TPSA) is 75.9 Å². The molecule has 0 radical (unpaired) electrons. The second-order valence-electron chi connectivity index (χ2n) is 4.45. The monoisotopic (exact) mass is 269 g/mol. The Balaban J connectivity index is 1.93. The van der Waals surface area contributed by atoms with Gasteiger partial charge in [0.15, 0.2) is 5.76 Å². The molecule has 1 aromatic carbocycles. The molecule has 2 N–H and O–H groups in total. The third-order valence-corrected chi connectivity index (χ3v) is 2.93. The maximum atomic E-state index is 5.18. The van der Waals surface area contributed by atoms with Crippen LogP contribution in [-0.2, 0) is 6.54 Å². The Labute approximate surface area is 116 Å². The molecule has 102 valence electrons. The van der Waals surface area contributed by atoms with Crippen LogP contribution in [0.3, 0.4) is 0 Å².